The molecule has 1 amide bonds. The van der Waals surface area contributed by atoms with Gasteiger partial charge in [-0.15, -0.1) is 12.4 Å². The molecular formula is C14H18ClF3N2O. The van der Waals surface area contributed by atoms with Crippen LogP contribution in [0.15, 0.2) is 24.3 Å². The first-order valence-electron chi connectivity index (χ1n) is 6.57. The Hall–Kier alpha value is -1.27. The fourth-order valence-electron chi connectivity index (χ4n) is 2.32. The maximum Gasteiger partial charge on any atom is 0.416 e. The van der Waals surface area contributed by atoms with Crippen LogP contribution in [0.5, 0.6) is 0 Å². The number of amides is 1. The van der Waals surface area contributed by atoms with Crippen LogP contribution in [0.4, 0.5) is 13.2 Å². The molecular weight excluding hydrogens is 305 g/mol. The van der Waals surface area contributed by atoms with E-state index in [0.717, 1.165) is 31.6 Å². The van der Waals surface area contributed by atoms with Crippen molar-refractivity contribution in [3.05, 3.63) is 35.4 Å². The van der Waals surface area contributed by atoms with Gasteiger partial charge in [-0.2, -0.15) is 13.2 Å². The van der Waals surface area contributed by atoms with Crippen molar-refractivity contribution >= 4 is 18.3 Å². The number of alkyl halides is 3. The van der Waals surface area contributed by atoms with Crippen molar-refractivity contribution in [2.45, 2.75) is 25.6 Å². The third-order valence-electron chi connectivity index (χ3n) is 3.55. The standard InChI is InChI=1S/C14H17F3N2O.ClH/c1-9-8-18-6-5-12(9)19-13(20)10-3-2-4-11(7-10)14(15,16)17;/h2-4,7,9,12,18H,5-6,8H2,1H3,(H,19,20);1H. The number of hydrogen-bond donors (Lipinski definition) is 2. The van der Waals surface area contributed by atoms with E-state index in [1.165, 1.54) is 12.1 Å². The third-order valence-corrected chi connectivity index (χ3v) is 3.55. The summed E-state index contributed by atoms with van der Waals surface area (Å²) in [6.07, 6.45) is -3.65. The molecule has 118 valence electrons. The molecule has 1 aliphatic rings. The number of rotatable bonds is 2. The molecule has 2 unspecified atom stereocenters. The molecule has 2 atom stereocenters. The molecule has 0 aliphatic carbocycles. The lowest BCUT2D eigenvalue weighted by atomic mass is 9.95. The van der Waals surface area contributed by atoms with Gasteiger partial charge in [-0.25, -0.2) is 0 Å². The Balaban J connectivity index is 0.00000220. The van der Waals surface area contributed by atoms with Gasteiger partial charge in [0.2, 0.25) is 0 Å². The number of hydrogen-bond acceptors (Lipinski definition) is 2. The summed E-state index contributed by atoms with van der Waals surface area (Å²) < 4.78 is 37.8. The number of halogens is 4. The second-order valence-electron chi connectivity index (χ2n) is 5.13. The molecule has 21 heavy (non-hydrogen) atoms. The highest BCUT2D eigenvalue weighted by Crippen LogP contribution is 2.29. The van der Waals surface area contributed by atoms with Gasteiger partial charge < -0.3 is 10.6 Å². The van der Waals surface area contributed by atoms with E-state index in [0.29, 0.717) is 0 Å². The Morgan fingerprint density at radius 3 is 2.71 bits per heavy atom. The zero-order valence-corrected chi connectivity index (χ0v) is 12.4. The van der Waals surface area contributed by atoms with Gasteiger partial charge in [-0.3, -0.25) is 4.79 Å². The van der Waals surface area contributed by atoms with E-state index in [-0.39, 0.29) is 29.9 Å². The van der Waals surface area contributed by atoms with E-state index < -0.39 is 17.6 Å². The van der Waals surface area contributed by atoms with Crippen LogP contribution in [0, 0.1) is 5.92 Å². The lowest BCUT2D eigenvalue weighted by Gasteiger charge is -2.30. The van der Waals surface area contributed by atoms with E-state index >= 15 is 0 Å². The Kier molecular flexibility index (Phi) is 6.04. The van der Waals surface area contributed by atoms with Gasteiger partial charge in [-0.05, 0) is 43.6 Å². The number of benzene rings is 1. The normalized spacial score (nSPS) is 22.3. The minimum Gasteiger partial charge on any atom is -0.349 e. The minimum absolute atomic E-state index is 0. The van der Waals surface area contributed by atoms with Crippen LogP contribution in [0.2, 0.25) is 0 Å². The fourth-order valence-corrected chi connectivity index (χ4v) is 2.32. The van der Waals surface area contributed by atoms with Crippen molar-refractivity contribution < 1.29 is 18.0 Å². The summed E-state index contributed by atoms with van der Waals surface area (Å²) in [6.45, 7) is 3.61. The van der Waals surface area contributed by atoms with Crippen molar-refractivity contribution in [1.82, 2.24) is 10.6 Å². The summed E-state index contributed by atoms with van der Waals surface area (Å²) in [5, 5.41) is 6.02. The highest BCUT2D eigenvalue weighted by atomic mass is 35.5. The lowest BCUT2D eigenvalue weighted by Crippen LogP contribution is -2.48. The van der Waals surface area contributed by atoms with Gasteiger partial charge in [0.05, 0.1) is 5.56 Å². The minimum atomic E-state index is -4.43. The molecule has 2 N–H and O–H groups in total. The summed E-state index contributed by atoms with van der Waals surface area (Å²) >= 11 is 0. The first-order chi connectivity index (χ1) is 9.38. The molecule has 1 aromatic rings. The lowest BCUT2D eigenvalue weighted by molar-refractivity contribution is -0.137. The summed E-state index contributed by atoms with van der Waals surface area (Å²) in [5.74, 6) is -0.187. The van der Waals surface area contributed by atoms with Crippen molar-refractivity contribution in [2.24, 2.45) is 5.92 Å². The van der Waals surface area contributed by atoms with E-state index in [4.69, 9.17) is 0 Å². The predicted molar refractivity (Wildman–Crippen MR) is 76.6 cm³/mol. The molecule has 1 aromatic carbocycles. The smallest absolute Gasteiger partial charge is 0.349 e. The molecule has 0 aromatic heterocycles. The van der Waals surface area contributed by atoms with Crippen molar-refractivity contribution in [3.63, 3.8) is 0 Å². The van der Waals surface area contributed by atoms with Crippen LogP contribution < -0.4 is 10.6 Å². The number of piperidine rings is 1. The number of carbonyl (C=O) groups excluding carboxylic acids is 1. The predicted octanol–water partition coefficient (Wildman–Crippen LogP) is 2.86. The van der Waals surface area contributed by atoms with Gasteiger partial charge >= 0.3 is 6.18 Å². The van der Waals surface area contributed by atoms with Gasteiger partial charge in [0.15, 0.2) is 0 Å². The summed E-state index contributed by atoms with van der Waals surface area (Å²) in [7, 11) is 0. The van der Waals surface area contributed by atoms with E-state index in [1.807, 2.05) is 6.92 Å². The molecule has 7 heteroatoms. The van der Waals surface area contributed by atoms with Crippen LogP contribution in [0.1, 0.15) is 29.3 Å². The zero-order chi connectivity index (χ0) is 14.8. The third kappa shape index (κ3) is 4.61. The molecule has 1 heterocycles. The summed E-state index contributed by atoms with van der Waals surface area (Å²) in [4.78, 5) is 12.0. The molecule has 1 fully saturated rings. The monoisotopic (exact) mass is 322 g/mol. The van der Waals surface area contributed by atoms with Gasteiger partial charge in [0, 0.05) is 11.6 Å². The van der Waals surface area contributed by atoms with Crippen LogP contribution in [0.3, 0.4) is 0 Å². The molecule has 2 rings (SSSR count). The molecule has 1 saturated heterocycles. The first-order valence-corrected chi connectivity index (χ1v) is 6.57. The van der Waals surface area contributed by atoms with Gasteiger partial charge in [0.1, 0.15) is 0 Å². The van der Waals surface area contributed by atoms with E-state index in [1.54, 1.807) is 0 Å². The summed E-state index contributed by atoms with van der Waals surface area (Å²) in [5.41, 5.74) is -0.755. The van der Waals surface area contributed by atoms with Crippen LogP contribution in [-0.4, -0.2) is 25.0 Å². The van der Waals surface area contributed by atoms with Gasteiger partial charge in [-0.1, -0.05) is 13.0 Å². The SMILES string of the molecule is CC1CNCCC1NC(=O)c1cccc(C(F)(F)F)c1.Cl. The van der Waals surface area contributed by atoms with Gasteiger partial charge in [0.25, 0.3) is 5.91 Å². The molecule has 3 nitrogen and oxygen atoms in total. The quantitative estimate of drug-likeness (QED) is 0.879. The fraction of sp³-hybridized carbons (Fsp3) is 0.500. The molecule has 0 bridgehead atoms. The summed E-state index contributed by atoms with van der Waals surface area (Å²) in [6, 6.07) is 4.50. The Morgan fingerprint density at radius 1 is 1.38 bits per heavy atom. The van der Waals surface area contributed by atoms with Crippen molar-refractivity contribution in [2.75, 3.05) is 13.1 Å². The Morgan fingerprint density at radius 2 is 2.10 bits per heavy atom. The van der Waals surface area contributed by atoms with E-state index in [9.17, 15) is 18.0 Å². The Labute approximate surface area is 127 Å². The molecule has 0 radical (unpaired) electrons. The molecule has 1 aliphatic heterocycles. The average molecular weight is 323 g/mol. The second kappa shape index (κ2) is 7.13. The maximum absolute atomic E-state index is 12.6. The highest BCUT2D eigenvalue weighted by Gasteiger charge is 2.31. The van der Waals surface area contributed by atoms with Crippen molar-refractivity contribution in [1.29, 1.82) is 0 Å². The molecule has 0 saturated carbocycles. The second-order valence-corrected chi connectivity index (χ2v) is 5.13. The van der Waals surface area contributed by atoms with Crippen LogP contribution in [-0.2, 0) is 6.18 Å². The first kappa shape index (κ1) is 17.8. The van der Waals surface area contributed by atoms with Crippen molar-refractivity contribution in [3.8, 4) is 0 Å². The van der Waals surface area contributed by atoms with Crippen LogP contribution in [0.25, 0.3) is 0 Å². The average Bonchev–Trinajstić information content (AvgIpc) is 2.40. The topological polar surface area (TPSA) is 41.1 Å². The number of carbonyl (C=O) groups is 1. The van der Waals surface area contributed by atoms with Crippen LogP contribution >= 0.6 is 12.4 Å². The zero-order valence-electron chi connectivity index (χ0n) is 11.5. The highest BCUT2D eigenvalue weighted by molar-refractivity contribution is 5.94. The largest absolute Gasteiger partial charge is 0.416 e. The van der Waals surface area contributed by atoms with E-state index in [2.05, 4.69) is 10.6 Å². The Bertz CT molecular complexity index is 493. The maximum atomic E-state index is 12.6. The number of nitrogens with one attached hydrogen (secondary N) is 2. The molecule has 0 spiro atoms.